The lowest BCUT2D eigenvalue weighted by Crippen LogP contribution is -2.28. The molecule has 4 aromatic rings. The fraction of sp³-hybridized carbons (Fsp3) is 0.200. The van der Waals surface area contributed by atoms with E-state index in [1.165, 1.54) is 11.1 Å². The van der Waals surface area contributed by atoms with E-state index in [2.05, 4.69) is 47.1 Å². The van der Waals surface area contributed by atoms with Crippen molar-refractivity contribution in [1.82, 2.24) is 14.9 Å². The van der Waals surface area contributed by atoms with Crippen LogP contribution in [0.2, 0.25) is 0 Å². The molecule has 0 bridgehead atoms. The molecular formula is C25H25N3O. The van der Waals surface area contributed by atoms with Crippen molar-refractivity contribution in [2.45, 2.75) is 33.4 Å². The Hall–Kier alpha value is -3.40. The van der Waals surface area contributed by atoms with Gasteiger partial charge in [-0.15, -0.1) is 0 Å². The number of nitrogens with one attached hydrogen (secondary N) is 1. The largest absolute Gasteiger partial charge is 0.342 e. The number of hydrogen-bond donors (Lipinski definition) is 1. The quantitative estimate of drug-likeness (QED) is 0.515. The van der Waals surface area contributed by atoms with Crippen LogP contribution in [0.5, 0.6) is 0 Å². The van der Waals surface area contributed by atoms with E-state index in [-0.39, 0.29) is 11.9 Å². The van der Waals surface area contributed by atoms with Crippen LogP contribution in [0.15, 0.2) is 72.8 Å². The molecule has 29 heavy (non-hydrogen) atoms. The van der Waals surface area contributed by atoms with Crippen molar-refractivity contribution in [3.8, 4) is 0 Å². The Balaban J connectivity index is 1.67. The Kier molecular flexibility index (Phi) is 5.17. The molecule has 0 aliphatic rings. The number of carbonyl (C=O) groups excluding carboxylic acids is 1. The third-order valence-electron chi connectivity index (χ3n) is 5.16. The molecule has 4 nitrogen and oxygen atoms in total. The Labute approximate surface area is 171 Å². The zero-order valence-corrected chi connectivity index (χ0v) is 17.0. The van der Waals surface area contributed by atoms with Crippen LogP contribution < -0.4 is 5.32 Å². The molecule has 1 N–H and O–H groups in total. The van der Waals surface area contributed by atoms with Gasteiger partial charge in [0.05, 0.1) is 17.1 Å². The number of aromatic nitrogens is 2. The summed E-state index contributed by atoms with van der Waals surface area (Å²) < 4.78 is 2.20. The van der Waals surface area contributed by atoms with Gasteiger partial charge < -0.3 is 9.88 Å². The number of nitrogens with zero attached hydrogens (tertiary/aromatic N) is 2. The Morgan fingerprint density at radius 1 is 0.966 bits per heavy atom. The molecular weight excluding hydrogens is 358 g/mol. The molecule has 1 amide bonds. The van der Waals surface area contributed by atoms with E-state index in [0.717, 1.165) is 22.4 Å². The lowest BCUT2D eigenvalue weighted by atomic mass is 10.1. The van der Waals surface area contributed by atoms with Gasteiger partial charge in [0.15, 0.2) is 0 Å². The summed E-state index contributed by atoms with van der Waals surface area (Å²) in [6, 6.07) is 24.0. The molecule has 1 atom stereocenters. The maximum Gasteiger partial charge on any atom is 0.251 e. The lowest BCUT2D eigenvalue weighted by Gasteiger charge is -2.17. The monoisotopic (exact) mass is 383 g/mol. The summed E-state index contributed by atoms with van der Waals surface area (Å²) in [6.07, 6.45) is 0. The smallest absolute Gasteiger partial charge is 0.251 e. The summed E-state index contributed by atoms with van der Waals surface area (Å²) in [5.74, 6) is 0.767. The normalized spacial score (nSPS) is 12.1. The zero-order chi connectivity index (χ0) is 20.4. The molecule has 4 heteroatoms. The highest BCUT2D eigenvalue weighted by Gasteiger charge is 2.19. The van der Waals surface area contributed by atoms with Crippen molar-refractivity contribution in [2.24, 2.45) is 0 Å². The van der Waals surface area contributed by atoms with E-state index in [4.69, 9.17) is 4.98 Å². The number of fused-ring (bicyclic) bond motifs is 1. The summed E-state index contributed by atoms with van der Waals surface area (Å²) in [5.41, 5.74) is 6.18. The van der Waals surface area contributed by atoms with E-state index in [1.54, 1.807) is 0 Å². The van der Waals surface area contributed by atoms with Gasteiger partial charge in [0, 0.05) is 12.1 Å². The number of para-hydroxylation sites is 2. The second kappa shape index (κ2) is 7.92. The van der Waals surface area contributed by atoms with Gasteiger partial charge >= 0.3 is 0 Å². The first kappa shape index (κ1) is 18.9. The van der Waals surface area contributed by atoms with E-state index in [0.29, 0.717) is 12.1 Å². The average molecular weight is 383 g/mol. The molecule has 0 aliphatic carbocycles. The number of aryl methyl sites for hydroxylation is 2. The first-order valence-corrected chi connectivity index (χ1v) is 9.89. The van der Waals surface area contributed by atoms with Gasteiger partial charge in [-0.2, -0.15) is 0 Å². The summed E-state index contributed by atoms with van der Waals surface area (Å²) >= 11 is 0. The van der Waals surface area contributed by atoms with Gasteiger partial charge in [-0.05, 0) is 50.6 Å². The topological polar surface area (TPSA) is 46.9 Å². The molecule has 3 aromatic carbocycles. The van der Waals surface area contributed by atoms with Crippen LogP contribution >= 0.6 is 0 Å². The van der Waals surface area contributed by atoms with Crippen LogP contribution in [0.25, 0.3) is 11.0 Å². The minimum Gasteiger partial charge on any atom is -0.342 e. The van der Waals surface area contributed by atoms with Crippen molar-refractivity contribution in [1.29, 1.82) is 0 Å². The second-order valence-corrected chi connectivity index (χ2v) is 7.60. The molecule has 4 rings (SSSR count). The minimum atomic E-state index is -0.221. The van der Waals surface area contributed by atoms with E-state index < -0.39 is 0 Å². The molecule has 0 saturated heterocycles. The third kappa shape index (κ3) is 4.06. The number of benzene rings is 3. The van der Waals surface area contributed by atoms with Crippen molar-refractivity contribution >= 4 is 16.9 Å². The van der Waals surface area contributed by atoms with E-state index in [1.807, 2.05) is 56.3 Å². The fourth-order valence-corrected chi connectivity index (χ4v) is 3.60. The Morgan fingerprint density at radius 2 is 1.72 bits per heavy atom. The first-order chi connectivity index (χ1) is 14.0. The van der Waals surface area contributed by atoms with Crippen molar-refractivity contribution < 1.29 is 4.79 Å². The standard InChI is InChI=1S/C25H25N3O/c1-17-11-13-20(14-12-17)16-28-23-10-5-4-9-22(23)27-24(28)19(3)26-25(29)21-8-6-7-18(2)15-21/h4-15,19H,16H2,1-3H3,(H,26,29). The molecule has 0 radical (unpaired) electrons. The summed E-state index contributed by atoms with van der Waals surface area (Å²) in [7, 11) is 0. The summed E-state index contributed by atoms with van der Waals surface area (Å²) in [6.45, 7) is 6.77. The SMILES string of the molecule is Cc1ccc(Cn2c(C(C)NC(=O)c3cccc(C)c3)nc3ccccc32)cc1. The average Bonchev–Trinajstić information content (AvgIpc) is 3.08. The second-order valence-electron chi connectivity index (χ2n) is 7.60. The number of carbonyl (C=O) groups is 1. The van der Waals surface area contributed by atoms with Crippen LogP contribution in [-0.4, -0.2) is 15.5 Å². The zero-order valence-electron chi connectivity index (χ0n) is 17.0. The molecule has 0 aliphatic heterocycles. The van der Waals surface area contributed by atoms with Gasteiger partial charge in [0.2, 0.25) is 0 Å². The molecule has 1 unspecified atom stereocenters. The van der Waals surface area contributed by atoms with Gasteiger partial charge in [0.25, 0.3) is 5.91 Å². The first-order valence-electron chi connectivity index (χ1n) is 9.89. The van der Waals surface area contributed by atoms with Crippen LogP contribution in [0.4, 0.5) is 0 Å². The van der Waals surface area contributed by atoms with Gasteiger partial charge in [-0.3, -0.25) is 4.79 Å². The maximum atomic E-state index is 12.8. The van der Waals surface area contributed by atoms with Crippen molar-refractivity contribution in [3.05, 3.63) is 101 Å². The highest BCUT2D eigenvalue weighted by atomic mass is 16.1. The molecule has 0 fully saturated rings. The maximum absolute atomic E-state index is 12.8. The molecule has 146 valence electrons. The number of imidazole rings is 1. The molecule has 0 spiro atoms. The van der Waals surface area contributed by atoms with Crippen LogP contribution in [-0.2, 0) is 6.54 Å². The fourth-order valence-electron chi connectivity index (χ4n) is 3.60. The predicted octanol–water partition coefficient (Wildman–Crippen LogP) is 5.19. The van der Waals surface area contributed by atoms with Crippen LogP contribution in [0.1, 0.15) is 45.8 Å². The highest BCUT2D eigenvalue weighted by Crippen LogP contribution is 2.23. The van der Waals surface area contributed by atoms with Gasteiger partial charge in [-0.25, -0.2) is 4.98 Å². The van der Waals surface area contributed by atoms with E-state index >= 15 is 0 Å². The van der Waals surface area contributed by atoms with E-state index in [9.17, 15) is 4.79 Å². The lowest BCUT2D eigenvalue weighted by molar-refractivity contribution is 0.0937. The molecule has 1 aromatic heterocycles. The molecule has 1 heterocycles. The summed E-state index contributed by atoms with van der Waals surface area (Å²) in [5, 5.41) is 3.11. The third-order valence-corrected chi connectivity index (χ3v) is 5.16. The van der Waals surface area contributed by atoms with Crippen molar-refractivity contribution in [3.63, 3.8) is 0 Å². The Morgan fingerprint density at radius 3 is 2.48 bits per heavy atom. The number of rotatable bonds is 5. The van der Waals surface area contributed by atoms with Crippen LogP contribution in [0, 0.1) is 13.8 Å². The van der Waals surface area contributed by atoms with Gasteiger partial charge in [0.1, 0.15) is 5.82 Å². The van der Waals surface area contributed by atoms with Crippen molar-refractivity contribution in [2.75, 3.05) is 0 Å². The van der Waals surface area contributed by atoms with Crippen LogP contribution in [0.3, 0.4) is 0 Å². The Bertz CT molecular complexity index is 1160. The predicted molar refractivity (Wildman–Crippen MR) is 117 cm³/mol. The molecule has 0 saturated carbocycles. The summed E-state index contributed by atoms with van der Waals surface area (Å²) in [4.78, 5) is 17.6. The minimum absolute atomic E-state index is 0.0878. The highest BCUT2D eigenvalue weighted by molar-refractivity contribution is 5.94. The van der Waals surface area contributed by atoms with Gasteiger partial charge in [-0.1, -0.05) is 59.7 Å². The number of amides is 1. The number of hydrogen-bond acceptors (Lipinski definition) is 2.